The average molecular weight is 297 g/mol. The number of pyridine rings is 2. The van der Waals surface area contributed by atoms with Crippen molar-refractivity contribution in [1.82, 2.24) is 14.9 Å². The molecule has 2 heterocycles. The van der Waals surface area contributed by atoms with Gasteiger partial charge in [-0.05, 0) is 37.9 Å². The molecule has 0 radical (unpaired) electrons. The molecule has 0 fully saturated rings. The summed E-state index contributed by atoms with van der Waals surface area (Å²) < 4.78 is 5.61. The highest BCUT2D eigenvalue weighted by atomic mass is 16.5. The van der Waals surface area contributed by atoms with Crippen molar-refractivity contribution in [2.24, 2.45) is 0 Å². The Labute approximate surface area is 130 Å². The third-order valence-corrected chi connectivity index (χ3v) is 2.95. The Morgan fingerprint density at radius 1 is 1.27 bits per heavy atom. The van der Waals surface area contributed by atoms with Gasteiger partial charge >= 0.3 is 0 Å². The zero-order valence-electron chi connectivity index (χ0n) is 12.8. The third-order valence-electron chi connectivity index (χ3n) is 2.95. The molecule has 0 aliphatic carbocycles. The van der Waals surface area contributed by atoms with E-state index in [-0.39, 0.29) is 0 Å². The molecule has 22 heavy (non-hydrogen) atoms. The second-order valence-electron chi connectivity index (χ2n) is 5.05. The van der Waals surface area contributed by atoms with E-state index >= 15 is 0 Å². The second-order valence-corrected chi connectivity index (χ2v) is 5.05. The molecular formula is C16H19N5O. The van der Waals surface area contributed by atoms with Gasteiger partial charge in [0.1, 0.15) is 18.5 Å². The summed E-state index contributed by atoms with van der Waals surface area (Å²) in [5, 5.41) is 11.9. The predicted molar refractivity (Wildman–Crippen MR) is 84.6 cm³/mol. The van der Waals surface area contributed by atoms with Gasteiger partial charge in [-0.2, -0.15) is 5.26 Å². The quantitative estimate of drug-likeness (QED) is 0.841. The van der Waals surface area contributed by atoms with Crippen LogP contribution in [0.3, 0.4) is 0 Å². The molecule has 0 aliphatic heterocycles. The standard InChI is InChI=1S/C16H19N5O/c1-21(2)7-8-22-16-9-13(5-6-18-16)11-19-15-4-3-14(10-17)12-20-15/h3-6,9,12H,7-8,11H2,1-2H3,(H,19,20). The molecule has 0 spiro atoms. The van der Waals surface area contributed by atoms with Gasteiger partial charge in [-0.3, -0.25) is 0 Å². The number of hydrogen-bond donors (Lipinski definition) is 1. The monoisotopic (exact) mass is 297 g/mol. The van der Waals surface area contributed by atoms with Crippen LogP contribution in [0.2, 0.25) is 0 Å². The molecule has 2 rings (SSSR count). The lowest BCUT2D eigenvalue weighted by Crippen LogP contribution is -2.19. The average Bonchev–Trinajstić information content (AvgIpc) is 2.53. The van der Waals surface area contributed by atoms with E-state index < -0.39 is 0 Å². The van der Waals surface area contributed by atoms with Gasteiger partial charge < -0.3 is 15.0 Å². The van der Waals surface area contributed by atoms with Crippen LogP contribution in [0.4, 0.5) is 5.82 Å². The number of likely N-dealkylation sites (N-methyl/N-ethyl adjacent to an activating group) is 1. The summed E-state index contributed by atoms with van der Waals surface area (Å²) in [6.07, 6.45) is 3.28. The van der Waals surface area contributed by atoms with Crippen LogP contribution in [0.25, 0.3) is 0 Å². The minimum atomic E-state index is 0.547. The summed E-state index contributed by atoms with van der Waals surface area (Å²) in [4.78, 5) is 10.4. The van der Waals surface area contributed by atoms with E-state index in [0.717, 1.165) is 17.9 Å². The van der Waals surface area contributed by atoms with Crippen molar-refractivity contribution in [3.05, 3.63) is 47.8 Å². The minimum Gasteiger partial charge on any atom is -0.476 e. The molecule has 0 amide bonds. The summed E-state index contributed by atoms with van der Waals surface area (Å²) in [6.45, 7) is 2.07. The molecule has 0 saturated carbocycles. The van der Waals surface area contributed by atoms with Crippen molar-refractivity contribution in [3.8, 4) is 11.9 Å². The SMILES string of the molecule is CN(C)CCOc1cc(CNc2ccc(C#N)cn2)ccn1. The zero-order chi connectivity index (χ0) is 15.8. The van der Waals surface area contributed by atoms with Crippen LogP contribution in [-0.2, 0) is 6.54 Å². The number of ether oxygens (including phenoxy) is 1. The molecular weight excluding hydrogens is 278 g/mol. The van der Waals surface area contributed by atoms with Crippen molar-refractivity contribution in [3.63, 3.8) is 0 Å². The molecule has 2 aromatic heterocycles. The maximum Gasteiger partial charge on any atom is 0.213 e. The van der Waals surface area contributed by atoms with Gasteiger partial charge in [0.15, 0.2) is 0 Å². The summed E-state index contributed by atoms with van der Waals surface area (Å²) >= 11 is 0. The highest BCUT2D eigenvalue weighted by Gasteiger charge is 2.00. The molecule has 2 aromatic rings. The number of hydrogen-bond acceptors (Lipinski definition) is 6. The number of rotatable bonds is 7. The van der Waals surface area contributed by atoms with E-state index in [1.807, 2.05) is 32.3 Å². The Morgan fingerprint density at radius 2 is 2.14 bits per heavy atom. The normalized spacial score (nSPS) is 10.3. The summed E-state index contributed by atoms with van der Waals surface area (Å²) in [5.41, 5.74) is 1.60. The Bertz CT molecular complexity index is 634. The molecule has 0 unspecified atom stereocenters. The fourth-order valence-corrected chi connectivity index (χ4v) is 1.73. The molecule has 6 nitrogen and oxygen atoms in total. The Kier molecular flexibility index (Phi) is 5.69. The molecule has 0 aromatic carbocycles. The van der Waals surface area contributed by atoms with Crippen molar-refractivity contribution in [1.29, 1.82) is 5.26 Å². The maximum atomic E-state index is 8.74. The maximum absolute atomic E-state index is 8.74. The van der Waals surface area contributed by atoms with E-state index in [4.69, 9.17) is 10.00 Å². The number of aromatic nitrogens is 2. The van der Waals surface area contributed by atoms with Crippen LogP contribution in [0.1, 0.15) is 11.1 Å². The molecule has 0 saturated heterocycles. The van der Waals surface area contributed by atoms with Crippen molar-refractivity contribution in [2.75, 3.05) is 32.6 Å². The lowest BCUT2D eigenvalue weighted by atomic mass is 10.2. The third kappa shape index (κ3) is 5.04. The van der Waals surface area contributed by atoms with Gasteiger partial charge in [-0.25, -0.2) is 9.97 Å². The van der Waals surface area contributed by atoms with Crippen molar-refractivity contribution >= 4 is 5.82 Å². The molecule has 1 N–H and O–H groups in total. The highest BCUT2D eigenvalue weighted by Crippen LogP contribution is 2.11. The van der Waals surface area contributed by atoms with E-state index in [9.17, 15) is 0 Å². The van der Waals surface area contributed by atoms with E-state index in [0.29, 0.717) is 24.6 Å². The first-order valence-corrected chi connectivity index (χ1v) is 7.00. The van der Waals surface area contributed by atoms with Gasteiger partial charge in [-0.15, -0.1) is 0 Å². The Hall–Kier alpha value is -2.65. The van der Waals surface area contributed by atoms with Crippen LogP contribution in [0, 0.1) is 11.3 Å². The van der Waals surface area contributed by atoms with Crippen molar-refractivity contribution < 1.29 is 4.74 Å². The first-order chi connectivity index (χ1) is 10.7. The summed E-state index contributed by atoms with van der Waals surface area (Å²) in [7, 11) is 4.00. The number of nitriles is 1. The lowest BCUT2D eigenvalue weighted by molar-refractivity contribution is 0.253. The molecule has 0 bridgehead atoms. The molecule has 114 valence electrons. The van der Waals surface area contributed by atoms with E-state index in [1.54, 1.807) is 24.5 Å². The minimum absolute atomic E-state index is 0.547. The Morgan fingerprint density at radius 3 is 2.82 bits per heavy atom. The van der Waals surface area contributed by atoms with Crippen LogP contribution < -0.4 is 10.1 Å². The summed E-state index contributed by atoms with van der Waals surface area (Å²) in [6, 6.07) is 9.40. The Balaban J connectivity index is 1.88. The number of nitrogens with zero attached hydrogens (tertiary/aromatic N) is 4. The fourth-order valence-electron chi connectivity index (χ4n) is 1.73. The molecule has 0 aliphatic rings. The van der Waals surface area contributed by atoms with E-state index in [1.165, 1.54) is 0 Å². The number of anilines is 1. The largest absolute Gasteiger partial charge is 0.476 e. The van der Waals surface area contributed by atoms with Crippen LogP contribution in [0.5, 0.6) is 5.88 Å². The zero-order valence-corrected chi connectivity index (χ0v) is 12.8. The van der Waals surface area contributed by atoms with E-state index in [2.05, 4.69) is 20.2 Å². The van der Waals surface area contributed by atoms with Gasteiger partial charge in [0.2, 0.25) is 5.88 Å². The second kappa shape index (κ2) is 7.96. The van der Waals surface area contributed by atoms with Gasteiger partial charge in [-0.1, -0.05) is 0 Å². The summed E-state index contributed by atoms with van der Waals surface area (Å²) in [5.74, 6) is 1.35. The topological polar surface area (TPSA) is 74.1 Å². The molecule has 0 atom stereocenters. The van der Waals surface area contributed by atoms with Gasteiger partial charge in [0.05, 0.1) is 5.56 Å². The molecule has 6 heteroatoms. The van der Waals surface area contributed by atoms with Crippen LogP contribution in [0.15, 0.2) is 36.7 Å². The fraction of sp³-hybridized carbons (Fsp3) is 0.312. The van der Waals surface area contributed by atoms with Crippen molar-refractivity contribution in [2.45, 2.75) is 6.54 Å². The van der Waals surface area contributed by atoms with Crippen LogP contribution >= 0.6 is 0 Å². The van der Waals surface area contributed by atoms with Gasteiger partial charge in [0.25, 0.3) is 0 Å². The van der Waals surface area contributed by atoms with Crippen LogP contribution in [-0.4, -0.2) is 42.1 Å². The number of nitrogens with one attached hydrogen (secondary N) is 1. The predicted octanol–water partition coefficient (Wildman–Crippen LogP) is 1.90. The smallest absolute Gasteiger partial charge is 0.213 e. The van der Waals surface area contributed by atoms with Gasteiger partial charge in [0, 0.05) is 31.5 Å². The lowest BCUT2D eigenvalue weighted by Gasteiger charge is -2.11. The highest BCUT2D eigenvalue weighted by molar-refractivity contribution is 5.39. The first kappa shape index (κ1) is 15.7. The first-order valence-electron chi connectivity index (χ1n) is 7.00.